The maximum atomic E-state index is 8.62. The van der Waals surface area contributed by atoms with Crippen LogP contribution in [0.3, 0.4) is 0 Å². The van der Waals surface area contributed by atoms with Crippen LogP contribution in [0.1, 0.15) is 5.56 Å². The Morgan fingerprint density at radius 1 is 1.40 bits per heavy atom. The number of ether oxygens (including phenoxy) is 3. The average Bonchev–Trinajstić information content (AvgIpc) is 2.28. The number of benzene rings is 1. The van der Waals surface area contributed by atoms with E-state index >= 15 is 0 Å². The molecule has 0 saturated carbocycles. The van der Waals surface area contributed by atoms with E-state index in [1.807, 2.05) is 6.07 Å². The second-order valence-electron chi connectivity index (χ2n) is 3.16. The Hall–Kier alpha value is -1.89. The number of fused-ring (bicyclic) bond motifs is 1. The van der Waals surface area contributed by atoms with E-state index in [-0.39, 0.29) is 0 Å². The van der Waals surface area contributed by atoms with Gasteiger partial charge in [0.1, 0.15) is 13.2 Å². The predicted molar refractivity (Wildman–Crippen MR) is 53.3 cm³/mol. The maximum absolute atomic E-state index is 8.62. The van der Waals surface area contributed by atoms with Crippen molar-refractivity contribution in [3.63, 3.8) is 0 Å². The zero-order valence-corrected chi connectivity index (χ0v) is 8.45. The number of hydrogen-bond acceptors (Lipinski definition) is 4. The van der Waals surface area contributed by atoms with Crippen molar-refractivity contribution >= 4 is 0 Å². The van der Waals surface area contributed by atoms with Gasteiger partial charge in [-0.3, -0.25) is 0 Å². The molecule has 0 saturated heterocycles. The lowest BCUT2D eigenvalue weighted by atomic mass is 10.1. The first-order valence-electron chi connectivity index (χ1n) is 4.68. The van der Waals surface area contributed by atoms with Crippen LogP contribution in [0.15, 0.2) is 12.1 Å². The highest BCUT2D eigenvalue weighted by molar-refractivity contribution is 5.54. The topological polar surface area (TPSA) is 51.5 Å². The van der Waals surface area contributed by atoms with Gasteiger partial charge in [0.15, 0.2) is 11.5 Å². The third kappa shape index (κ3) is 1.82. The smallest absolute Gasteiger partial charge is 0.203 e. The van der Waals surface area contributed by atoms with E-state index in [2.05, 4.69) is 6.07 Å². The summed E-state index contributed by atoms with van der Waals surface area (Å²) in [6.45, 7) is 1.06. The molecule has 1 aliphatic heterocycles. The molecule has 0 amide bonds. The van der Waals surface area contributed by atoms with Crippen LogP contribution in [-0.2, 0) is 6.42 Å². The molecule has 4 nitrogen and oxygen atoms in total. The van der Waals surface area contributed by atoms with Crippen molar-refractivity contribution in [2.75, 3.05) is 20.3 Å². The molecule has 1 aromatic rings. The Morgan fingerprint density at radius 3 is 2.93 bits per heavy atom. The minimum Gasteiger partial charge on any atom is -0.493 e. The zero-order valence-electron chi connectivity index (χ0n) is 8.45. The third-order valence-corrected chi connectivity index (χ3v) is 2.17. The predicted octanol–water partition coefficient (Wildman–Crippen LogP) is 1.53. The Morgan fingerprint density at radius 2 is 2.20 bits per heavy atom. The lowest BCUT2D eigenvalue weighted by molar-refractivity contribution is 0.165. The van der Waals surface area contributed by atoms with Crippen molar-refractivity contribution in [1.82, 2.24) is 0 Å². The Labute approximate surface area is 88.0 Å². The van der Waals surface area contributed by atoms with Gasteiger partial charge in [-0.15, -0.1) is 0 Å². The first kappa shape index (κ1) is 9.66. The summed E-state index contributed by atoms with van der Waals surface area (Å²) in [7, 11) is 1.57. The van der Waals surface area contributed by atoms with Gasteiger partial charge in [-0.2, -0.15) is 5.26 Å². The maximum Gasteiger partial charge on any atom is 0.203 e. The molecule has 0 aliphatic carbocycles. The van der Waals surface area contributed by atoms with Crippen LogP contribution >= 0.6 is 0 Å². The van der Waals surface area contributed by atoms with E-state index < -0.39 is 0 Å². The fourth-order valence-corrected chi connectivity index (χ4v) is 1.52. The second kappa shape index (κ2) is 4.09. The molecule has 1 aromatic carbocycles. The molecule has 0 bridgehead atoms. The van der Waals surface area contributed by atoms with Gasteiger partial charge in [-0.1, -0.05) is 0 Å². The monoisotopic (exact) mass is 205 g/mol. The van der Waals surface area contributed by atoms with Gasteiger partial charge in [0.25, 0.3) is 0 Å². The van der Waals surface area contributed by atoms with E-state index in [9.17, 15) is 0 Å². The lowest BCUT2D eigenvalue weighted by Gasteiger charge is -2.21. The molecule has 0 fully saturated rings. The van der Waals surface area contributed by atoms with Crippen molar-refractivity contribution in [3.05, 3.63) is 17.7 Å². The lowest BCUT2D eigenvalue weighted by Crippen LogP contribution is -2.16. The van der Waals surface area contributed by atoms with Crippen molar-refractivity contribution in [1.29, 1.82) is 5.26 Å². The first-order chi connectivity index (χ1) is 7.35. The Balaban J connectivity index is 2.44. The molecule has 2 rings (SSSR count). The normalized spacial score (nSPS) is 13.1. The summed E-state index contributed by atoms with van der Waals surface area (Å²) in [5.41, 5.74) is 0.874. The third-order valence-electron chi connectivity index (χ3n) is 2.17. The summed E-state index contributed by atoms with van der Waals surface area (Å²) in [6, 6.07) is 5.71. The molecule has 0 atom stereocenters. The first-order valence-corrected chi connectivity index (χ1v) is 4.68. The SMILES string of the molecule is COc1cc(CC#N)cc2c1OCCO2. The quantitative estimate of drug-likeness (QED) is 0.734. The summed E-state index contributed by atoms with van der Waals surface area (Å²) < 4.78 is 16.1. The van der Waals surface area contributed by atoms with Crippen molar-refractivity contribution < 1.29 is 14.2 Å². The number of methoxy groups -OCH3 is 1. The molecular weight excluding hydrogens is 194 g/mol. The molecule has 0 aromatic heterocycles. The van der Waals surface area contributed by atoms with Crippen LogP contribution in [0.2, 0.25) is 0 Å². The van der Waals surface area contributed by atoms with Crippen molar-refractivity contribution in [3.8, 4) is 23.3 Å². The zero-order chi connectivity index (χ0) is 10.7. The van der Waals surface area contributed by atoms with Crippen LogP contribution in [0.4, 0.5) is 0 Å². The molecule has 1 heterocycles. The largest absolute Gasteiger partial charge is 0.493 e. The summed E-state index contributed by atoms with van der Waals surface area (Å²) >= 11 is 0. The van der Waals surface area contributed by atoms with Crippen molar-refractivity contribution in [2.24, 2.45) is 0 Å². The van der Waals surface area contributed by atoms with Crippen LogP contribution in [0.5, 0.6) is 17.2 Å². The van der Waals surface area contributed by atoms with Gasteiger partial charge >= 0.3 is 0 Å². The number of hydrogen-bond donors (Lipinski definition) is 0. The van der Waals surface area contributed by atoms with Crippen molar-refractivity contribution in [2.45, 2.75) is 6.42 Å². The van der Waals surface area contributed by atoms with Gasteiger partial charge in [-0.25, -0.2) is 0 Å². The fraction of sp³-hybridized carbons (Fsp3) is 0.364. The van der Waals surface area contributed by atoms with E-state index in [1.54, 1.807) is 13.2 Å². The number of nitrogens with zero attached hydrogens (tertiary/aromatic N) is 1. The van der Waals surface area contributed by atoms with Crippen LogP contribution in [0.25, 0.3) is 0 Å². The van der Waals surface area contributed by atoms with Gasteiger partial charge in [0, 0.05) is 0 Å². The average molecular weight is 205 g/mol. The van der Waals surface area contributed by atoms with Crippen LogP contribution in [0, 0.1) is 11.3 Å². The van der Waals surface area contributed by atoms with Gasteiger partial charge < -0.3 is 14.2 Å². The second-order valence-corrected chi connectivity index (χ2v) is 3.16. The van der Waals surface area contributed by atoms with Crippen LogP contribution < -0.4 is 14.2 Å². The van der Waals surface area contributed by atoms with E-state index in [0.29, 0.717) is 36.9 Å². The summed E-state index contributed by atoms with van der Waals surface area (Å²) in [5, 5.41) is 8.62. The number of nitriles is 1. The molecule has 1 aliphatic rings. The minimum absolute atomic E-state index is 0.340. The van der Waals surface area contributed by atoms with E-state index in [1.165, 1.54) is 0 Å². The molecular formula is C11H11NO3. The van der Waals surface area contributed by atoms with Crippen LogP contribution in [-0.4, -0.2) is 20.3 Å². The Bertz CT molecular complexity index is 392. The minimum atomic E-state index is 0.340. The van der Waals surface area contributed by atoms with Gasteiger partial charge in [-0.05, 0) is 17.7 Å². The highest BCUT2D eigenvalue weighted by atomic mass is 16.6. The highest BCUT2D eigenvalue weighted by Gasteiger charge is 2.18. The molecule has 15 heavy (non-hydrogen) atoms. The molecule has 0 N–H and O–H groups in total. The fourth-order valence-electron chi connectivity index (χ4n) is 1.52. The standard InChI is InChI=1S/C11H11NO3/c1-13-9-6-8(2-3-12)7-10-11(9)15-5-4-14-10/h6-7H,2,4-5H2,1H3. The van der Waals surface area contributed by atoms with E-state index in [0.717, 1.165) is 5.56 Å². The van der Waals surface area contributed by atoms with Gasteiger partial charge in [0.05, 0.1) is 19.6 Å². The molecule has 0 radical (unpaired) electrons. The van der Waals surface area contributed by atoms with E-state index in [4.69, 9.17) is 19.5 Å². The number of rotatable bonds is 2. The summed E-state index contributed by atoms with van der Waals surface area (Å²) in [4.78, 5) is 0. The molecule has 4 heteroatoms. The van der Waals surface area contributed by atoms with Gasteiger partial charge in [0.2, 0.25) is 5.75 Å². The molecule has 0 spiro atoms. The summed E-state index contributed by atoms with van der Waals surface area (Å²) in [6.07, 6.45) is 0.340. The summed E-state index contributed by atoms with van der Waals surface area (Å²) in [5.74, 6) is 1.91. The molecule has 0 unspecified atom stereocenters. The highest BCUT2D eigenvalue weighted by Crippen LogP contribution is 2.40. The Kier molecular flexibility index (Phi) is 2.64. The molecule has 78 valence electrons.